The molecule has 0 aromatic carbocycles. The first-order valence-corrected chi connectivity index (χ1v) is 6.85. The Balaban J connectivity index is 1.82. The molecule has 1 aliphatic carbocycles. The van der Waals surface area contributed by atoms with E-state index in [-0.39, 0.29) is 0 Å². The van der Waals surface area contributed by atoms with Gasteiger partial charge in [0, 0.05) is 32.3 Å². The van der Waals surface area contributed by atoms with Crippen molar-refractivity contribution in [2.45, 2.75) is 51.2 Å². The molecule has 3 unspecified atom stereocenters. The third-order valence-electron chi connectivity index (χ3n) is 4.00. The fraction of sp³-hybridized carbons (Fsp3) is 1.00. The van der Waals surface area contributed by atoms with Crippen LogP contribution in [-0.4, -0.2) is 43.3 Å². The predicted octanol–water partition coefficient (Wildman–Crippen LogP) is 1.61. The summed E-state index contributed by atoms with van der Waals surface area (Å²) in [7, 11) is 0. The van der Waals surface area contributed by atoms with Crippen LogP contribution in [0.5, 0.6) is 0 Å². The Morgan fingerprint density at radius 3 is 2.88 bits per heavy atom. The van der Waals surface area contributed by atoms with E-state index in [0.717, 1.165) is 19.1 Å². The van der Waals surface area contributed by atoms with E-state index in [1.807, 2.05) is 0 Å². The fourth-order valence-electron chi connectivity index (χ4n) is 3.04. The summed E-state index contributed by atoms with van der Waals surface area (Å²) in [6.07, 6.45) is 6.82. The Morgan fingerprint density at radius 2 is 2.06 bits per heavy atom. The summed E-state index contributed by atoms with van der Waals surface area (Å²) >= 11 is 0. The molecule has 94 valence electrons. The molecule has 0 bridgehead atoms. The van der Waals surface area contributed by atoms with Crippen LogP contribution in [0.15, 0.2) is 0 Å². The quantitative estimate of drug-likeness (QED) is 0.777. The SMILES string of the molecule is CC1CN(CC2CCCCC2N)CCCO1. The lowest BCUT2D eigenvalue weighted by molar-refractivity contribution is 0.0635. The van der Waals surface area contributed by atoms with E-state index in [1.54, 1.807) is 0 Å². The Kier molecular flexibility index (Phi) is 4.62. The average Bonchev–Trinajstić information content (AvgIpc) is 2.46. The molecule has 16 heavy (non-hydrogen) atoms. The van der Waals surface area contributed by atoms with E-state index in [2.05, 4.69) is 11.8 Å². The van der Waals surface area contributed by atoms with E-state index in [0.29, 0.717) is 12.1 Å². The van der Waals surface area contributed by atoms with E-state index in [1.165, 1.54) is 45.2 Å². The van der Waals surface area contributed by atoms with Crippen molar-refractivity contribution in [1.29, 1.82) is 0 Å². The zero-order valence-electron chi connectivity index (χ0n) is 10.5. The lowest BCUT2D eigenvalue weighted by Gasteiger charge is -2.33. The van der Waals surface area contributed by atoms with Gasteiger partial charge in [-0.15, -0.1) is 0 Å². The Labute approximate surface area is 99.3 Å². The summed E-state index contributed by atoms with van der Waals surface area (Å²) in [5.41, 5.74) is 6.21. The number of ether oxygens (including phenoxy) is 1. The van der Waals surface area contributed by atoms with E-state index in [9.17, 15) is 0 Å². The topological polar surface area (TPSA) is 38.5 Å². The molecule has 1 saturated carbocycles. The first-order valence-electron chi connectivity index (χ1n) is 6.85. The summed E-state index contributed by atoms with van der Waals surface area (Å²) in [5.74, 6) is 0.721. The van der Waals surface area contributed by atoms with Gasteiger partial charge in [0.25, 0.3) is 0 Å². The molecule has 0 aromatic heterocycles. The van der Waals surface area contributed by atoms with Gasteiger partial charge in [0.15, 0.2) is 0 Å². The smallest absolute Gasteiger partial charge is 0.0673 e. The van der Waals surface area contributed by atoms with Gasteiger partial charge in [0.05, 0.1) is 6.10 Å². The lowest BCUT2D eigenvalue weighted by Crippen LogP contribution is -2.42. The number of hydrogen-bond acceptors (Lipinski definition) is 3. The maximum Gasteiger partial charge on any atom is 0.0673 e. The highest BCUT2D eigenvalue weighted by Gasteiger charge is 2.25. The standard InChI is InChI=1S/C13H26N2O/c1-11-9-15(7-4-8-16-11)10-12-5-2-3-6-13(12)14/h11-13H,2-10,14H2,1H3. The van der Waals surface area contributed by atoms with Crippen molar-refractivity contribution in [3.8, 4) is 0 Å². The van der Waals surface area contributed by atoms with Crippen molar-refractivity contribution in [1.82, 2.24) is 4.90 Å². The van der Waals surface area contributed by atoms with Crippen LogP contribution in [0.1, 0.15) is 39.0 Å². The highest BCUT2D eigenvalue weighted by atomic mass is 16.5. The highest BCUT2D eigenvalue weighted by Crippen LogP contribution is 2.24. The molecule has 2 rings (SSSR count). The minimum absolute atomic E-state index is 0.391. The van der Waals surface area contributed by atoms with Crippen LogP contribution in [-0.2, 0) is 4.74 Å². The minimum Gasteiger partial charge on any atom is -0.377 e. The molecule has 2 N–H and O–H groups in total. The molecule has 3 atom stereocenters. The molecule has 0 radical (unpaired) electrons. The summed E-state index contributed by atoms with van der Waals surface area (Å²) in [6, 6.07) is 0.438. The molecule has 1 heterocycles. The zero-order chi connectivity index (χ0) is 11.4. The van der Waals surface area contributed by atoms with E-state index < -0.39 is 0 Å². The van der Waals surface area contributed by atoms with Gasteiger partial charge in [0.2, 0.25) is 0 Å². The van der Waals surface area contributed by atoms with E-state index in [4.69, 9.17) is 10.5 Å². The maximum absolute atomic E-state index is 6.21. The lowest BCUT2D eigenvalue weighted by atomic mass is 9.84. The van der Waals surface area contributed by atoms with Crippen molar-refractivity contribution in [2.24, 2.45) is 11.7 Å². The number of nitrogens with zero attached hydrogens (tertiary/aromatic N) is 1. The van der Waals surface area contributed by atoms with Gasteiger partial charge in [-0.3, -0.25) is 0 Å². The van der Waals surface area contributed by atoms with Gasteiger partial charge in [-0.2, -0.15) is 0 Å². The Morgan fingerprint density at radius 1 is 1.25 bits per heavy atom. The van der Waals surface area contributed by atoms with Gasteiger partial charge >= 0.3 is 0 Å². The third-order valence-corrected chi connectivity index (χ3v) is 4.00. The second-order valence-electron chi connectivity index (χ2n) is 5.50. The summed E-state index contributed by atoms with van der Waals surface area (Å²) in [5, 5.41) is 0. The van der Waals surface area contributed by atoms with Gasteiger partial charge in [-0.25, -0.2) is 0 Å². The summed E-state index contributed by atoms with van der Waals surface area (Å²) < 4.78 is 5.68. The van der Waals surface area contributed by atoms with Crippen molar-refractivity contribution < 1.29 is 4.74 Å². The molecule has 1 saturated heterocycles. The molecule has 3 heteroatoms. The van der Waals surface area contributed by atoms with Crippen molar-refractivity contribution in [3.63, 3.8) is 0 Å². The zero-order valence-corrected chi connectivity index (χ0v) is 10.5. The van der Waals surface area contributed by atoms with Crippen LogP contribution in [0.2, 0.25) is 0 Å². The average molecular weight is 226 g/mol. The largest absolute Gasteiger partial charge is 0.377 e. The van der Waals surface area contributed by atoms with Crippen LogP contribution >= 0.6 is 0 Å². The first kappa shape index (κ1) is 12.3. The van der Waals surface area contributed by atoms with Crippen molar-refractivity contribution in [2.75, 3.05) is 26.2 Å². The van der Waals surface area contributed by atoms with Crippen molar-refractivity contribution in [3.05, 3.63) is 0 Å². The molecule has 0 amide bonds. The number of rotatable bonds is 2. The van der Waals surface area contributed by atoms with Gasteiger partial charge in [0.1, 0.15) is 0 Å². The van der Waals surface area contributed by atoms with Crippen LogP contribution < -0.4 is 5.73 Å². The van der Waals surface area contributed by atoms with Crippen LogP contribution in [0.4, 0.5) is 0 Å². The molecule has 3 nitrogen and oxygen atoms in total. The van der Waals surface area contributed by atoms with Crippen LogP contribution in [0, 0.1) is 5.92 Å². The minimum atomic E-state index is 0.391. The normalized spacial score (nSPS) is 38.2. The Hall–Kier alpha value is -0.120. The third kappa shape index (κ3) is 3.44. The Bertz CT molecular complexity index is 210. The van der Waals surface area contributed by atoms with Crippen LogP contribution in [0.25, 0.3) is 0 Å². The van der Waals surface area contributed by atoms with Gasteiger partial charge < -0.3 is 15.4 Å². The second kappa shape index (κ2) is 5.99. The first-order chi connectivity index (χ1) is 7.75. The van der Waals surface area contributed by atoms with E-state index >= 15 is 0 Å². The summed E-state index contributed by atoms with van der Waals surface area (Å²) in [6.45, 7) is 6.57. The summed E-state index contributed by atoms with van der Waals surface area (Å²) in [4.78, 5) is 2.56. The monoisotopic (exact) mass is 226 g/mol. The molecular weight excluding hydrogens is 200 g/mol. The highest BCUT2D eigenvalue weighted by molar-refractivity contribution is 4.81. The molecule has 0 aromatic rings. The van der Waals surface area contributed by atoms with Crippen LogP contribution in [0.3, 0.4) is 0 Å². The second-order valence-corrected chi connectivity index (χ2v) is 5.50. The number of hydrogen-bond donors (Lipinski definition) is 1. The van der Waals surface area contributed by atoms with Gasteiger partial charge in [-0.05, 0) is 32.1 Å². The molecule has 2 aliphatic rings. The predicted molar refractivity (Wildman–Crippen MR) is 66.4 cm³/mol. The molecule has 0 spiro atoms. The van der Waals surface area contributed by atoms with Crippen molar-refractivity contribution >= 4 is 0 Å². The fourth-order valence-corrected chi connectivity index (χ4v) is 3.04. The molecule has 2 fully saturated rings. The molecule has 1 aliphatic heterocycles. The van der Waals surface area contributed by atoms with Gasteiger partial charge in [-0.1, -0.05) is 12.8 Å². The molecular formula is C13H26N2O. The number of nitrogens with two attached hydrogens (primary N) is 1. The maximum atomic E-state index is 6.21.